The molecule has 118 valence electrons. The highest BCUT2D eigenvalue weighted by Gasteiger charge is 2.30. The van der Waals surface area contributed by atoms with Crippen LogP contribution in [0, 0.1) is 19.8 Å². The molecule has 0 radical (unpaired) electrons. The van der Waals surface area contributed by atoms with Gasteiger partial charge in [-0.15, -0.1) is 12.4 Å². The van der Waals surface area contributed by atoms with Crippen LogP contribution >= 0.6 is 12.4 Å². The van der Waals surface area contributed by atoms with Crippen molar-refractivity contribution in [3.63, 3.8) is 0 Å². The van der Waals surface area contributed by atoms with Crippen LogP contribution in [0.25, 0.3) is 0 Å². The van der Waals surface area contributed by atoms with Crippen LogP contribution in [0.5, 0.6) is 5.75 Å². The van der Waals surface area contributed by atoms with Crippen molar-refractivity contribution < 1.29 is 9.53 Å². The summed E-state index contributed by atoms with van der Waals surface area (Å²) in [4.78, 5) is 11.8. The molecule has 2 rings (SSSR count). The zero-order chi connectivity index (χ0) is 14.5. The largest absolute Gasteiger partial charge is 0.493 e. The highest BCUT2D eigenvalue weighted by Crippen LogP contribution is 2.32. The average molecular weight is 313 g/mol. The van der Waals surface area contributed by atoms with Crippen LogP contribution in [0.4, 0.5) is 0 Å². The van der Waals surface area contributed by atoms with Crippen LogP contribution < -0.4 is 15.8 Å². The zero-order valence-electron chi connectivity index (χ0n) is 12.7. The molecule has 0 spiro atoms. The average Bonchev–Trinajstić information content (AvgIpc) is 3.19. The summed E-state index contributed by atoms with van der Waals surface area (Å²) >= 11 is 0. The van der Waals surface area contributed by atoms with Crippen molar-refractivity contribution in [3.05, 3.63) is 29.3 Å². The number of aryl methyl sites for hydroxylation is 2. The molecule has 1 amide bonds. The maximum Gasteiger partial charge on any atom is 0.223 e. The molecule has 21 heavy (non-hydrogen) atoms. The van der Waals surface area contributed by atoms with E-state index in [4.69, 9.17) is 10.5 Å². The van der Waals surface area contributed by atoms with Gasteiger partial charge in [-0.25, -0.2) is 0 Å². The molecule has 3 N–H and O–H groups in total. The molecule has 1 unspecified atom stereocenters. The van der Waals surface area contributed by atoms with Gasteiger partial charge in [0.2, 0.25) is 5.91 Å². The summed E-state index contributed by atoms with van der Waals surface area (Å²) in [5.41, 5.74) is 8.00. The number of hydrogen-bond acceptors (Lipinski definition) is 3. The van der Waals surface area contributed by atoms with Gasteiger partial charge in [-0.3, -0.25) is 4.79 Å². The van der Waals surface area contributed by atoms with Crippen molar-refractivity contribution in [2.75, 3.05) is 13.2 Å². The Morgan fingerprint density at radius 2 is 1.95 bits per heavy atom. The van der Waals surface area contributed by atoms with E-state index in [1.807, 2.05) is 26.0 Å². The fraction of sp³-hybridized carbons (Fsp3) is 0.562. The van der Waals surface area contributed by atoms with Crippen molar-refractivity contribution in [2.24, 2.45) is 11.7 Å². The third-order valence-corrected chi connectivity index (χ3v) is 3.58. The smallest absolute Gasteiger partial charge is 0.223 e. The second-order valence-electron chi connectivity index (χ2n) is 5.67. The third kappa shape index (κ3) is 5.94. The summed E-state index contributed by atoms with van der Waals surface area (Å²) in [7, 11) is 0. The monoisotopic (exact) mass is 312 g/mol. The summed E-state index contributed by atoms with van der Waals surface area (Å²) in [5.74, 6) is 1.44. The number of carbonyl (C=O) groups excluding carboxylic acids is 1. The van der Waals surface area contributed by atoms with Crippen LogP contribution in [0.1, 0.15) is 30.4 Å². The van der Waals surface area contributed by atoms with Gasteiger partial charge in [-0.2, -0.15) is 0 Å². The Morgan fingerprint density at radius 1 is 1.33 bits per heavy atom. The number of hydrogen-bond donors (Lipinski definition) is 2. The first-order valence-corrected chi connectivity index (χ1v) is 7.29. The lowest BCUT2D eigenvalue weighted by Crippen LogP contribution is -2.42. The van der Waals surface area contributed by atoms with Gasteiger partial charge in [-0.05, 0) is 55.9 Å². The van der Waals surface area contributed by atoms with Gasteiger partial charge in [0.25, 0.3) is 0 Å². The van der Waals surface area contributed by atoms with Gasteiger partial charge in [0.15, 0.2) is 0 Å². The van der Waals surface area contributed by atoms with E-state index < -0.39 is 0 Å². The van der Waals surface area contributed by atoms with Gasteiger partial charge in [0, 0.05) is 12.6 Å². The molecule has 1 fully saturated rings. The number of rotatable bonds is 7. The molecule has 4 nitrogen and oxygen atoms in total. The van der Waals surface area contributed by atoms with Crippen molar-refractivity contribution >= 4 is 18.3 Å². The fourth-order valence-electron chi connectivity index (χ4n) is 2.42. The molecular weight excluding hydrogens is 288 g/mol. The van der Waals surface area contributed by atoms with Crippen LogP contribution in [0.3, 0.4) is 0 Å². The van der Waals surface area contributed by atoms with Gasteiger partial charge >= 0.3 is 0 Å². The van der Waals surface area contributed by atoms with E-state index in [2.05, 4.69) is 11.4 Å². The first-order chi connectivity index (χ1) is 9.58. The Hall–Kier alpha value is -1.26. The van der Waals surface area contributed by atoms with Crippen molar-refractivity contribution in [2.45, 2.75) is 39.2 Å². The molecule has 0 aromatic heterocycles. The molecule has 1 aromatic carbocycles. The van der Waals surface area contributed by atoms with Crippen LogP contribution in [-0.2, 0) is 4.79 Å². The minimum atomic E-state index is 0. The molecule has 1 saturated carbocycles. The summed E-state index contributed by atoms with van der Waals surface area (Å²) in [6.07, 6.45) is 2.73. The summed E-state index contributed by atoms with van der Waals surface area (Å²) < 4.78 is 5.64. The number of nitrogens with one attached hydrogen (secondary N) is 1. The normalized spacial score (nSPS) is 15.0. The lowest BCUT2D eigenvalue weighted by molar-refractivity contribution is -0.122. The number of amides is 1. The van der Waals surface area contributed by atoms with Gasteiger partial charge in [0.05, 0.1) is 13.0 Å². The fourth-order valence-corrected chi connectivity index (χ4v) is 2.42. The van der Waals surface area contributed by atoms with E-state index in [-0.39, 0.29) is 24.4 Å². The summed E-state index contributed by atoms with van der Waals surface area (Å²) in [6.45, 7) is 4.99. The van der Waals surface area contributed by atoms with E-state index >= 15 is 0 Å². The molecule has 0 saturated heterocycles. The van der Waals surface area contributed by atoms with Crippen molar-refractivity contribution in [1.29, 1.82) is 0 Å². The van der Waals surface area contributed by atoms with Crippen LogP contribution in [0.2, 0.25) is 0 Å². The Kier molecular flexibility index (Phi) is 6.99. The predicted molar refractivity (Wildman–Crippen MR) is 87.0 cm³/mol. The number of carbonyl (C=O) groups is 1. The van der Waals surface area contributed by atoms with E-state index in [9.17, 15) is 4.79 Å². The zero-order valence-corrected chi connectivity index (χ0v) is 13.5. The van der Waals surface area contributed by atoms with E-state index in [1.54, 1.807) is 0 Å². The van der Waals surface area contributed by atoms with Crippen molar-refractivity contribution in [1.82, 2.24) is 5.32 Å². The van der Waals surface area contributed by atoms with Gasteiger partial charge < -0.3 is 15.8 Å². The third-order valence-electron chi connectivity index (χ3n) is 3.58. The lowest BCUT2D eigenvalue weighted by atomic mass is 10.1. The van der Waals surface area contributed by atoms with Crippen LogP contribution in [-0.4, -0.2) is 25.1 Å². The molecule has 1 aromatic rings. The Morgan fingerprint density at radius 3 is 2.48 bits per heavy atom. The second-order valence-corrected chi connectivity index (χ2v) is 5.67. The van der Waals surface area contributed by atoms with Crippen LogP contribution in [0.15, 0.2) is 18.2 Å². The standard InChI is InChI=1S/C16H24N2O2.ClH/c1-11-7-12(2)9-14(8-11)20-6-5-16(19)18-15(10-17)13-3-4-13;/h7-9,13,15H,3-6,10,17H2,1-2H3,(H,18,19);1H. The molecule has 1 aliphatic carbocycles. The minimum absolute atomic E-state index is 0. The highest BCUT2D eigenvalue weighted by atomic mass is 35.5. The molecule has 1 atom stereocenters. The Balaban J connectivity index is 0.00000220. The first-order valence-electron chi connectivity index (χ1n) is 7.29. The minimum Gasteiger partial charge on any atom is -0.493 e. The Labute approximate surface area is 132 Å². The molecule has 1 aliphatic rings. The number of nitrogens with two attached hydrogens (primary N) is 1. The Bertz CT molecular complexity index is 455. The summed E-state index contributed by atoms with van der Waals surface area (Å²) in [5, 5.41) is 2.99. The quantitative estimate of drug-likeness (QED) is 0.812. The highest BCUT2D eigenvalue weighted by molar-refractivity contribution is 5.85. The van der Waals surface area contributed by atoms with E-state index in [1.165, 1.54) is 24.0 Å². The predicted octanol–water partition coefficient (Wildman–Crippen LogP) is 2.35. The van der Waals surface area contributed by atoms with Gasteiger partial charge in [-0.1, -0.05) is 6.07 Å². The number of ether oxygens (including phenoxy) is 1. The molecular formula is C16H25ClN2O2. The lowest BCUT2D eigenvalue weighted by Gasteiger charge is -2.16. The van der Waals surface area contributed by atoms with Crippen molar-refractivity contribution in [3.8, 4) is 5.75 Å². The molecule has 0 aliphatic heterocycles. The number of benzene rings is 1. The number of halogens is 1. The van der Waals surface area contributed by atoms with E-state index in [0.717, 1.165) is 5.75 Å². The second kappa shape index (κ2) is 8.25. The first kappa shape index (κ1) is 17.8. The van der Waals surface area contributed by atoms with Gasteiger partial charge in [0.1, 0.15) is 5.75 Å². The maximum atomic E-state index is 11.8. The maximum absolute atomic E-state index is 11.8. The van der Waals surface area contributed by atoms with E-state index in [0.29, 0.717) is 25.5 Å². The molecule has 0 bridgehead atoms. The summed E-state index contributed by atoms with van der Waals surface area (Å²) in [6, 6.07) is 6.21. The SMILES string of the molecule is Cc1cc(C)cc(OCCC(=O)NC(CN)C2CC2)c1.Cl. The molecule has 0 heterocycles. The topological polar surface area (TPSA) is 64.3 Å². The molecule has 5 heteroatoms.